The fourth-order valence-corrected chi connectivity index (χ4v) is 4.69. The Bertz CT molecular complexity index is 1170. The Kier molecular flexibility index (Phi) is 3.92. The third-order valence-electron chi connectivity index (χ3n) is 5.96. The van der Waals surface area contributed by atoms with Crippen LogP contribution in [0.5, 0.6) is 0 Å². The lowest BCUT2D eigenvalue weighted by atomic mass is 9.76. The van der Waals surface area contributed by atoms with Gasteiger partial charge in [-0.05, 0) is 44.6 Å². The smallest absolute Gasteiger partial charge is 0.399 e. The fraction of sp³-hybridized carbons (Fsp3) is 0.261. The summed E-state index contributed by atoms with van der Waals surface area (Å²) in [7, 11) is -0.387. The molecule has 5 rings (SSSR count). The van der Waals surface area contributed by atoms with Crippen LogP contribution in [0.3, 0.4) is 0 Å². The van der Waals surface area contributed by atoms with Gasteiger partial charge in [-0.3, -0.25) is 0 Å². The molecule has 2 heterocycles. The number of aromatic nitrogens is 1. The predicted molar refractivity (Wildman–Crippen MR) is 118 cm³/mol. The molecule has 28 heavy (non-hydrogen) atoms. The molecule has 3 nitrogen and oxygen atoms in total. The molecule has 0 bridgehead atoms. The Labute approximate surface area is 169 Å². The lowest BCUT2D eigenvalue weighted by Crippen LogP contribution is -2.41. The molecule has 1 aromatic heterocycles. The molecule has 5 heteroatoms. The summed E-state index contributed by atoms with van der Waals surface area (Å²) in [6.45, 7) is 8.36. The van der Waals surface area contributed by atoms with Crippen LogP contribution in [0, 0.1) is 0 Å². The van der Waals surface area contributed by atoms with E-state index in [-0.39, 0.29) is 18.3 Å². The Morgan fingerprint density at radius 3 is 2.11 bits per heavy atom. The minimum absolute atomic E-state index is 0.364. The molecule has 1 aliphatic heterocycles. The quantitative estimate of drug-likeness (QED) is 0.431. The van der Waals surface area contributed by atoms with E-state index in [0.29, 0.717) is 0 Å². The van der Waals surface area contributed by atoms with Crippen LogP contribution >= 0.6 is 11.3 Å². The Hall–Kier alpha value is -2.21. The highest BCUT2D eigenvalue weighted by molar-refractivity contribution is 7.22. The Morgan fingerprint density at radius 2 is 1.43 bits per heavy atom. The number of thiazole rings is 1. The number of benzene rings is 3. The van der Waals surface area contributed by atoms with E-state index < -0.39 is 0 Å². The minimum atomic E-state index is -0.387. The molecular formula is C23H22BNO2S. The van der Waals surface area contributed by atoms with Gasteiger partial charge in [0.25, 0.3) is 0 Å². The SMILES string of the molecule is CC1(C)OB(c2cc3sc(-c4ccccc4)nc3c3ccccc23)OC1(C)C. The van der Waals surface area contributed by atoms with Crippen LogP contribution in [0.1, 0.15) is 27.7 Å². The second-order valence-electron chi connectivity index (χ2n) is 8.33. The molecule has 1 fully saturated rings. The first-order valence-corrected chi connectivity index (χ1v) is 10.4. The summed E-state index contributed by atoms with van der Waals surface area (Å²) in [5, 5.41) is 3.31. The molecule has 140 valence electrons. The van der Waals surface area contributed by atoms with Crippen LogP contribution in [-0.4, -0.2) is 23.3 Å². The van der Waals surface area contributed by atoms with Crippen LogP contribution in [-0.2, 0) is 9.31 Å². The van der Waals surface area contributed by atoms with Gasteiger partial charge >= 0.3 is 7.12 Å². The maximum absolute atomic E-state index is 6.36. The Morgan fingerprint density at radius 1 is 0.821 bits per heavy atom. The second kappa shape index (κ2) is 6.15. The summed E-state index contributed by atoms with van der Waals surface area (Å²) in [5.41, 5.74) is 2.53. The van der Waals surface area contributed by atoms with E-state index in [9.17, 15) is 0 Å². The van der Waals surface area contributed by atoms with E-state index >= 15 is 0 Å². The topological polar surface area (TPSA) is 31.4 Å². The largest absolute Gasteiger partial charge is 0.495 e. The molecule has 0 atom stereocenters. The van der Waals surface area contributed by atoms with E-state index in [0.717, 1.165) is 37.0 Å². The molecule has 0 amide bonds. The third-order valence-corrected chi connectivity index (χ3v) is 7.01. The van der Waals surface area contributed by atoms with Crippen molar-refractivity contribution in [3.05, 3.63) is 60.7 Å². The monoisotopic (exact) mass is 387 g/mol. The summed E-state index contributed by atoms with van der Waals surface area (Å²) in [4.78, 5) is 4.97. The van der Waals surface area contributed by atoms with Crippen LogP contribution in [0.2, 0.25) is 0 Å². The Balaban J connectivity index is 1.72. The van der Waals surface area contributed by atoms with Crippen molar-refractivity contribution in [2.45, 2.75) is 38.9 Å². The van der Waals surface area contributed by atoms with Crippen LogP contribution in [0.15, 0.2) is 60.7 Å². The molecule has 0 N–H and O–H groups in total. The van der Waals surface area contributed by atoms with Gasteiger partial charge in [0.1, 0.15) is 5.01 Å². The maximum atomic E-state index is 6.36. The predicted octanol–water partition coefficient (Wildman–Crippen LogP) is 5.42. The lowest BCUT2D eigenvalue weighted by Gasteiger charge is -2.32. The van der Waals surface area contributed by atoms with Gasteiger partial charge in [0.05, 0.1) is 21.4 Å². The van der Waals surface area contributed by atoms with Gasteiger partial charge in [-0.1, -0.05) is 54.6 Å². The van der Waals surface area contributed by atoms with Crippen LogP contribution in [0.4, 0.5) is 0 Å². The highest BCUT2D eigenvalue weighted by atomic mass is 32.1. The van der Waals surface area contributed by atoms with E-state index in [1.807, 2.05) is 6.07 Å². The number of fused-ring (bicyclic) bond motifs is 3. The van der Waals surface area contributed by atoms with Crippen molar-refractivity contribution < 1.29 is 9.31 Å². The molecule has 4 aromatic rings. The first-order valence-electron chi connectivity index (χ1n) is 9.59. The molecule has 0 aliphatic carbocycles. The second-order valence-corrected chi connectivity index (χ2v) is 9.36. The summed E-state index contributed by atoms with van der Waals surface area (Å²) < 4.78 is 13.9. The standard InChI is InChI=1S/C23H22BNO2S/c1-22(2)23(3,4)27-24(26-22)18-14-19-20(17-13-9-8-12-16(17)18)25-21(28-19)15-10-6-5-7-11-15/h5-14H,1-4H3. The average molecular weight is 387 g/mol. The molecular weight excluding hydrogens is 365 g/mol. The summed E-state index contributed by atoms with van der Waals surface area (Å²) >= 11 is 1.72. The van der Waals surface area contributed by atoms with Gasteiger partial charge in [0.15, 0.2) is 0 Å². The van der Waals surface area contributed by atoms with E-state index in [4.69, 9.17) is 14.3 Å². The summed E-state index contributed by atoms with van der Waals surface area (Å²) in [6, 6.07) is 20.9. The zero-order valence-electron chi connectivity index (χ0n) is 16.5. The number of nitrogens with zero attached hydrogens (tertiary/aromatic N) is 1. The van der Waals surface area contributed by atoms with Crippen molar-refractivity contribution in [1.82, 2.24) is 4.98 Å². The zero-order chi connectivity index (χ0) is 19.5. The van der Waals surface area contributed by atoms with Crippen molar-refractivity contribution in [2.24, 2.45) is 0 Å². The van der Waals surface area contributed by atoms with Crippen molar-refractivity contribution >= 4 is 44.9 Å². The van der Waals surface area contributed by atoms with Crippen molar-refractivity contribution in [3.63, 3.8) is 0 Å². The van der Waals surface area contributed by atoms with Crippen LogP contribution in [0.25, 0.3) is 31.6 Å². The first kappa shape index (κ1) is 17.9. The normalized spacial score (nSPS) is 18.2. The van der Waals surface area contributed by atoms with Crippen molar-refractivity contribution in [1.29, 1.82) is 0 Å². The molecule has 1 saturated heterocycles. The van der Waals surface area contributed by atoms with E-state index in [2.05, 4.69) is 82.3 Å². The highest BCUT2D eigenvalue weighted by Crippen LogP contribution is 2.39. The third kappa shape index (κ3) is 2.69. The molecule has 3 aromatic carbocycles. The molecule has 0 unspecified atom stereocenters. The zero-order valence-corrected chi connectivity index (χ0v) is 17.3. The van der Waals surface area contributed by atoms with Gasteiger partial charge < -0.3 is 9.31 Å². The number of hydrogen-bond donors (Lipinski definition) is 0. The molecule has 0 radical (unpaired) electrons. The van der Waals surface area contributed by atoms with Crippen LogP contribution < -0.4 is 5.46 Å². The molecule has 1 aliphatic rings. The highest BCUT2D eigenvalue weighted by Gasteiger charge is 2.52. The summed E-state index contributed by atoms with van der Waals surface area (Å²) in [6.07, 6.45) is 0. The van der Waals surface area contributed by atoms with Gasteiger partial charge in [-0.2, -0.15) is 0 Å². The van der Waals surface area contributed by atoms with Gasteiger partial charge in [-0.25, -0.2) is 4.98 Å². The minimum Gasteiger partial charge on any atom is -0.399 e. The average Bonchev–Trinajstić information content (AvgIpc) is 3.20. The van der Waals surface area contributed by atoms with Gasteiger partial charge in [-0.15, -0.1) is 11.3 Å². The molecule has 0 saturated carbocycles. The molecule has 0 spiro atoms. The van der Waals surface area contributed by atoms with E-state index in [1.54, 1.807) is 11.3 Å². The van der Waals surface area contributed by atoms with Gasteiger partial charge in [0.2, 0.25) is 0 Å². The lowest BCUT2D eigenvalue weighted by molar-refractivity contribution is 0.00578. The number of rotatable bonds is 2. The van der Waals surface area contributed by atoms with E-state index in [1.165, 1.54) is 0 Å². The number of hydrogen-bond acceptors (Lipinski definition) is 4. The maximum Gasteiger partial charge on any atom is 0.495 e. The fourth-order valence-electron chi connectivity index (χ4n) is 3.65. The summed E-state index contributed by atoms with van der Waals surface area (Å²) in [5.74, 6) is 0. The van der Waals surface area contributed by atoms with Crippen molar-refractivity contribution in [2.75, 3.05) is 0 Å². The van der Waals surface area contributed by atoms with Gasteiger partial charge in [0, 0.05) is 10.9 Å². The first-order chi connectivity index (χ1) is 13.4. The van der Waals surface area contributed by atoms with Crippen molar-refractivity contribution in [3.8, 4) is 10.6 Å².